The van der Waals surface area contributed by atoms with E-state index >= 15 is 0 Å². The van der Waals surface area contributed by atoms with E-state index in [1.54, 1.807) is 0 Å². The normalized spacial score (nSPS) is 21.0. The van der Waals surface area contributed by atoms with Crippen molar-refractivity contribution in [3.05, 3.63) is 23.3 Å². The van der Waals surface area contributed by atoms with Gasteiger partial charge in [0.15, 0.2) is 23.0 Å². The summed E-state index contributed by atoms with van der Waals surface area (Å²) >= 11 is 0. The molecular formula is C24H28O8. The predicted molar refractivity (Wildman–Crippen MR) is 116 cm³/mol. The summed E-state index contributed by atoms with van der Waals surface area (Å²) in [4.78, 5) is 12.1. The standard InChI is InChI=1S/C24H28O8/c1-11-7-14-8-16(27-4)22(28-5)20(26)18(14)19-15(21(12(11)2)32-13(3)25)9-17-23(24(19)29-6)31-10-30-17/h8-9,11-12,21,26H,7,10H2,1-6H3/t11-,12+,21+/m1/s1. The molecule has 0 saturated heterocycles. The molecule has 1 aliphatic heterocycles. The van der Waals surface area contributed by atoms with Gasteiger partial charge in [-0.3, -0.25) is 4.79 Å². The zero-order valence-electron chi connectivity index (χ0n) is 19.1. The van der Waals surface area contributed by atoms with Crippen molar-refractivity contribution < 1.29 is 38.3 Å². The Kier molecular flexibility index (Phi) is 5.71. The minimum Gasteiger partial charge on any atom is -0.504 e. The largest absolute Gasteiger partial charge is 0.504 e. The lowest BCUT2D eigenvalue weighted by atomic mass is 9.76. The van der Waals surface area contributed by atoms with Crippen LogP contribution in [0.25, 0.3) is 11.1 Å². The number of carbonyl (C=O) groups is 1. The predicted octanol–water partition coefficient (Wildman–Crippen LogP) is 4.25. The molecule has 0 fully saturated rings. The van der Waals surface area contributed by atoms with Crippen LogP contribution in [0.2, 0.25) is 0 Å². The maximum atomic E-state index is 12.1. The quantitative estimate of drug-likeness (QED) is 0.700. The smallest absolute Gasteiger partial charge is 0.303 e. The Morgan fingerprint density at radius 2 is 1.75 bits per heavy atom. The second-order valence-corrected chi connectivity index (χ2v) is 8.17. The number of benzene rings is 2. The van der Waals surface area contributed by atoms with Crippen molar-refractivity contribution >= 4 is 5.97 Å². The topological polar surface area (TPSA) is 92.7 Å². The van der Waals surface area contributed by atoms with E-state index in [1.807, 2.05) is 19.1 Å². The van der Waals surface area contributed by atoms with Crippen molar-refractivity contribution in [3.8, 4) is 45.6 Å². The van der Waals surface area contributed by atoms with E-state index in [9.17, 15) is 9.90 Å². The van der Waals surface area contributed by atoms with Gasteiger partial charge >= 0.3 is 5.97 Å². The number of ether oxygens (including phenoxy) is 6. The highest BCUT2D eigenvalue weighted by Crippen LogP contribution is 2.58. The number of phenolic OH excluding ortho intramolecular Hbond substituents is 1. The molecule has 172 valence electrons. The molecule has 0 unspecified atom stereocenters. The molecule has 0 spiro atoms. The Morgan fingerprint density at radius 3 is 2.38 bits per heavy atom. The first-order chi connectivity index (χ1) is 15.3. The lowest BCUT2D eigenvalue weighted by molar-refractivity contribution is -0.150. The van der Waals surface area contributed by atoms with Crippen LogP contribution >= 0.6 is 0 Å². The minimum absolute atomic E-state index is 0.0360. The molecule has 1 aliphatic carbocycles. The average molecular weight is 444 g/mol. The average Bonchev–Trinajstić information content (AvgIpc) is 3.23. The van der Waals surface area contributed by atoms with Gasteiger partial charge in [0, 0.05) is 29.5 Å². The molecule has 3 atom stereocenters. The van der Waals surface area contributed by atoms with Crippen LogP contribution < -0.4 is 23.7 Å². The van der Waals surface area contributed by atoms with Crippen LogP contribution in [0.5, 0.6) is 34.5 Å². The van der Waals surface area contributed by atoms with Gasteiger partial charge in [-0.15, -0.1) is 0 Å². The third-order valence-corrected chi connectivity index (χ3v) is 6.35. The fourth-order valence-corrected chi connectivity index (χ4v) is 4.64. The lowest BCUT2D eigenvalue weighted by Crippen LogP contribution is -2.26. The summed E-state index contributed by atoms with van der Waals surface area (Å²) in [5, 5.41) is 11.4. The molecule has 0 amide bonds. The van der Waals surface area contributed by atoms with Gasteiger partial charge in [-0.25, -0.2) is 0 Å². The number of phenols is 1. The lowest BCUT2D eigenvalue weighted by Gasteiger charge is -2.34. The van der Waals surface area contributed by atoms with Gasteiger partial charge in [-0.1, -0.05) is 13.8 Å². The van der Waals surface area contributed by atoms with Gasteiger partial charge in [0.05, 0.1) is 21.3 Å². The van der Waals surface area contributed by atoms with Gasteiger partial charge in [-0.05, 0) is 30.0 Å². The van der Waals surface area contributed by atoms with Gasteiger partial charge < -0.3 is 33.5 Å². The van der Waals surface area contributed by atoms with Gasteiger partial charge in [0.1, 0.15) is 6.10 Å². The minimum atomic E-state index is -0.582. The van der Waals surface area contributed by atoms with E-state index in [0.717, 1.165) is 5.56 Å². The number of fused-ring (bicyclic) bond motifs is 4. The zero-order valence-corrected chi connectivity index (χ0v) is 19.1. The number of esters is 1. The maximum Gasteiger partial charge on any atom is 0.303 e. The van der Waals surface area contributed by atoms with Crippen molar-refractivity contribution in [1.82, 2.24) is 0 Å². The third-order valence-electron chi connectivity index (χ3n) is 6.35. The number of rotatable bonds is 4. The van der Waals surface area contributed by atoms with E-state index in [0.29, 0.717) is 46.1 Å². The molecule has 0 bridgehead atoms. The molecule has 0 aromatic heterocycles. The molecule has 2 aromatic carbocycles. The Labute approximate surface area is 186 Å². The summed E-state index contributed by atoms with van der Waals surface area (Å²) in [5.74, 6) is 1.58. The van der Waals surface area contributed by atoms with Gasteiger partial charge in [-0.2, -0.15) is 0 Å². The molecule has 4 rings (SSSR count). The third kappa shape index (κ3) is 3.34. The van der Waals surface area contributed by atoms with Crippen molar-refractivity contribution in [2.45, 2.75) is 33.3 Å². The van der Waals surface area contributed by atoms with Gasteiger partial charge in [0.25, 0.3) is 0 Å². The Balaban J connectivity index is 2.14. The summed E-state index contributed by atoms with van der Waals surface area (Å²) < 4.78 is 33.9. The molecule has 0 saturated carbocycles. The number of hydrogen-bond acceptors (Lipinski definition) is 8. The number of hydrogen-bond donors (Lipinski definition) is 1. The van der Waals surface area contributed by atoms with Crippen LogP contribution in [-0.4, -0.2) is 39.2 Å². The highest BCUT2D eigenvalue weighted by Gasteiger charge is 2.39. The highest BCUT2D eigenvalue weighted by molar-refractivity contribution is 5.88. The van der Waals surface area contributed by atoms with Crippen LogP contribution in [0, 0.1) is 11.8 Å². The maximum absolute atomic E-state index is 12.1. The number of methoxy groups -OCH3 is 3. The molecule has 1 heterocycles. The van der Waals surface area contributed by atoms with E-state index in [1.165, 1.54) is 28.3 Å². The van der Waals surface area contributed by atoms with Crippen molar-refractivity contribution in [3.63, 3.8) is 0 Å². The van der Waals surface area contributed by atoms with Crippen LogP contribution in [0.3, 0.4) is 0 Å². The number of aromatic hydroxyl groups is 1. The molecular weight excluding hydrogens is 416 g/mol. The Bertz CT molecular complexity index is 1060. The second-order valence-electron chi connectivity index (χ2n) is 8.17. The molecule has 1 N–H and O–H groups in total. The highest BCUT2D eigenvalue weighted by atomic mass is 16.7. The summed E-state index contributed by atoms with van der Waals surface area (Å²) in [7, 11) is 4.53. The van der Waals surface area contributed by atoms with Crippen LogP contribution in [0.15, 0.2) is 12.1 Å². The van der Waals surface area contributed by atoms with Crippen molar-refractivity contribution in [2.75, 3.05) is 28.1 Å². The summed E-state index contributed by atoms with van der Waals surface area (Å²) in [6.45, 7) is 5.57. The van der Waals surface area contributed by atoms with E-state index in [2.05, 4.69) is 6.92 Å². The fraction of sp³-hybridized carbons (Fsp3) is 0.458. The first kappa shape index (κ1) is 21.9. The second kappa shape index (κ2) is 8.33. The monoisotopic (exact) mass is 444 g/mol. The first-order valence-electron chi connectivity index (χ1n) is 10.5. The SMILES string of the molecule is COc1cc2c(c(O)c1OC)-c1c(cc3c(c1OC)OCO3)[C@@H](OC(C)=O)[C@@H](C)[C@H](C)C2. The first-order valence-corrected chi connectivity index (χ1v) is 10.5. The number of carbonyl (C=O) groups excluding carboxylic acids is 1. The molecule has 2 aliphatic rings. The van der Waals surface area contributed by atoms with Gasteiger partial charge in [0.2, 0.25) is 18.3 Å². The van der Waals surface area contributed by atoms with Crippen LogP contribution in [-0.2, 0) is 16.0 Å². The Morgan fingerprint density at radius 1 is 1.03 bits per heavy atom. The van der Waals surface area contributed by atoms with E-state index < -0.39 is 12.1 Å². The summed E-state index contributed by atoms with van der Waals surface area (Å²) in [6, 6.07) is 3.68. The van der Waals surface area contributed by atoms with E-state index in [-0.39, 0.29) is 30.1 Å². The van der Waals surface area contributed by atoms with Crippen molar-refractivity contribution in [2.24, 2.45) is 11.8 Å². The molecule has 2 aromatic rings. The summed E-state index contributed by atoms with van der Waals surface area (Å²) in [6.07, 6.45) is 0.0284. The van der Waals surface area contributed by atoms with Crippen molar-refractivity contribution in [1.29, 1.82) is 0 Å². The van der Waals surface area contributed by atoms with Crippen LogP contribution in [0.1, 0.15) is 38.0 Å². The Hall–Kier alpha value is -3.29. The molecule has 32 heavy (non-hydrogen) atoms. The van der Waals surface area contributed by atoms with Crippen LogP contribution in [0.4, 0.5) is 0 Å². The zero-order chi connectivity index (χ0) is 23.2. The summed E-state index contributed by atoms with van der Waals surface area (Å²) in [5.41, 5.74) is 2.64. The fourth-order valence-electron chi connectivity index (χ4n) is 4.64. The van der Waals surface area contributed by atoms with E-state index in [4.69, 9.17) is 28.4 Å². The molecule has 0 radical (unpaired) electrons. The molecule has 8 nitrogen and oxygen atoms in total. The molecule has 8 heteroatoms.